The lowest BCUT2D eigenvalue weighted by Crippen LogP contribution is -2.32. The minimum Gasteiger partial charge on any atom is -0.306 e. The molecule has 1 aromatic carbocycles. The van der Waals surface area contributed by atoms with Gasteiger partial charge < -0.3 is 4.57 Å². The number of nitrogens with zero attached hydrogens (tertiary/aromatic N) is 2. The normalized spacial score (nSPS) is 12.4. The second-order valence-electron chi connectivity index (χ2n) is 5.92. The number of hydrogen-bond acceptors (Lipinski definition) is 4. The molecule has 0 aliphatic carbocycles. The van der Waals surface area contributed by atoms with Gasteiger partial charge in [0, 0.05) is 30.9 Å². The first-order valence-corrected chi connectivity index (χ1v) is 9.85. The number of sulfonamides is 1. The summed E-state index contributed by atoms with van der Waals surface area (Å²) < 4.78 is 65.6. The number of pyridine rings is 1. The predicted molar refractivity (Wildman–Crippen MR) is 96.6 cm³/mol. The molecule has 0 saturated carbocycles. The van der Waals surface area contributed by atoms with Crippen LogP contribution in [-0.4, -0.2) is 36.2 Å². The number of hydrogen-bond donors (Lipinski definition) is 0. The van der Waals surface area contributed by atoms with E-state index in [1.165, 1.54) is 10.4 Å². The summed E-state index contributed by atoms with van der Waals surface area (Å²) in [5.41, 5.74) is -1.85. The van der Waals surface area contributed by atoms with Crippen molar-refractivity contribution >= 4 is 15.8 Å². The first-order chi connectivity index (χ1) is 13.0. The average Bonchev–Trinajstić information content (AvgIpc) is 2.63. The molecule has 0 atom stereocenters. The summed E-state index contributed by atoms with van der Waals surface area (Å²) in [6.45, 7) is 3.19. The quantitative estimate of drug-likeness (QED) is 0.651. The molecule has 10 heteroatoms. The summed E-state index contributed by atoms with van der Waals surface area (Å²) in [5.74, 6) is -0.745. The van der Waals surface area contributed by atoms with E-state index < -0.39 is 39.7 Å². The Hall–Kier alpha value is -2.46. The summed E-state index contributed by atoms with van der Waals surface area (Å²) in [6.07, 6.45) is -3.58. The summed E-state index contributed by atoms with van der Waals surface area (Å²) >= 11 is 0. The van der Waals surface area contributed by atoms with Crippen LogP contribution in [0.5, 0.6) is 0 Å². The van der Waals surface area contributed by atoms with Crippen molar-refractivity contribution in [2.45, 2.75) is 31.5 Å². The number of rotatable bonds is 7. The minimum absolute atomic E-state index is 0.173. The lowest BCUT2D eigenvalue weighted by molar-refractivity contribution is -0.137. The third-order valence-corrected chi connectivity index (χ3v) is 6.16. The Morgan fingerprint density at radius 2 is 1.75 bits per heavy atom. The van der Waals surface area contributed by atoms with Gasteiger partial charge in [0.1, 0.15) is 0 Å². The number of aromatic nitrogens is 1. The molecular weight excluding hydrogens is 397 g/mol. The molecule has 0 aliphatic rings. The molecule has 0 N–H and O–H groups in total. The number of carbonyl (C=O) groups is 1. The van der Waals surface area contributed by atoms with Gasteiger partial charge in [0.2, 0.25) is 10.0 Å². The predicted octanol–water partition coefficient (Wildman–Crippen LogP) is 2.78. The fourth-order valence-corrected chi connectivity index (χ4v) is 4.09. The van der Waals surface area contributed by atoms with E-state index in [0.29, 0.717) is 6.07 Å². The zero-order chi connectivity index (χ0) is 21.1. The fraction of sp³-hybridized carbons (Fsp3) is 0.333. The highest BCUT2D eigenvalue weighted by Crippen LogP contribution is 2.29. The van der Waals surface area contributed by atoms with Gasteiger partial charge in [-0.05, 0) is 18.2 Å². The number of halogens is 3. The summed E-state index contributed by atoms with van der Waals surface area (Å²) in [4.78, 5) is 24.2. The number of carbonyl (C=O) groups excluding carboxylic acids is 1. The van der Waals surface area contributed by atoms with E-state index in [4.69, 9.17) is 0 Å². The average molecular weight is 416 g/mol. The van der Waals surface area contributed by atoms with Crippen molar-refractivity contribution in [2.75, 3.05) is 13.1 Å². The Morgan fingerprint density at radius 3 is 2.32 bits per heavy atom. The summed E-state index contributed by atoms with van der Waals surface area (Å²) in [6, 6.07) is 5.99. The molecule has 28 heavy (non-hydrogen) atoms. The Labute approximate surface area is 160 Å². The minimum atomic E-state index is -4.61. The Morgan fingerprint density at radius 1 is 1.11 bits per heavy atom. The molecule has 2 rings (SSSR count). The van der Waals surface area contributed by atoms with Gasteiger partial charge in [0.15, 0.2) is 5.78 Å². The van der Waals surface area contributed by atoms with Crippen molar-refractivity contribution in [3.8, 4) is 0 Å². The topological polar surface area (TPSA) is 76.5 Å². The number of Topliss-reactive ketones (excluding diaryl/α,β-unsaturated/α-hetero) is 1. The molecular formula is C18H19F3N2O4S. The highest BCUT2D eigenvalue weighted by molar-refractivity contribution is 7.89. The van der Waals surface area contributed by atoms with E-state index in [0.717, 1.165) is 35.0 Å². The standard InChI is InChI=1S/C18H19F3N2O4S/c1-3-23(4-2)28(26,27)15-8-9-17(25)22(11-15)12-16(24)13-6-5-7-14(10-13)18(19,20)21/h5-11H,3-4,12H2,1-2H3. The van der Waals surface area contributed by atoms with E-state index in [1.807, 2.05) is 0 Å². The summed E-state index contributed by atoms with van der Waals surface area (Å²) in [5, 5.41) is 0. The first kappa shape index (κ1) is 21.8. The van der Waals surface area contributed by atoms with Crippen LogP contribution in [0.4, 0.5) is 13.2 Å². The van der Waals surface area contributed by atoms with Gasteiger partial charge in [-0.1, -0.05) is 26.0 Å². The summed E-state index contributed by atoms with van der Waals surface area (Å²) in [7, 11) is -3.85. The maximum atomic E-state index is 12.8. The molecule has 1 aromatic heterocycles. The molecule has 0 spiro atoms. The van der Waals surface area contributed by atoms with Crippen LogP contribution < -0.4 is 5.56 Å². The van der Waals surface area contributed by atoms with Gasteiger partial charge in [0.05, 0.1) is 17.0 Å². The maximum absolute atomic E-state index is 12.8. The van der Waals surface area contributed by atoms with E-state index in [2.05, 4.69) is 0 Å². The number of benzene rings is 1. The van der Waals surface area contributed by atoms with Crippen LogP contribution in [-0.2, 0) is 22.7 Å². The van der Waals surface area contributed by atoms with Gasteiger partial charge >= 0.3 is 6.18 Å². The molecule has 0 bridgehead atoms. The molecule has 1 heterocycles. The highest BCUT2D eigenvalue weighted by atomic mass is 32.2. The SMILES string of the molecule is CCN(CC)S(=O)(=O)c1ccc(=O)n(CC(=O)c2cccc(C(F)(F)F)c2)c1. The zero-order valence-corrected chi connectivity index (χ0v) is 16.0. The molecule has 6 nitrogen and oxygen atoms in total. The second-order valence-corrected chi connectivity index (χ2v) is 7.86. The van der Waals surface area contributed by atoms with Gasteiger partial charge in [-0.2, -0.15) is 17.5 Å². The van der Waals surface area contributed by atoms with Crippen LogP contribution in [0.1, 0.15) is 29.8 Å². The van der Waals surface area contributed by atoms with Crippen molar-refractivity contribution in [3.05, 3.63) is 64.1 Å². The molecule has 0 fully saturated rings. The molecule has 0 unspecified atom stereocenters. The van der Waals surface area contributed by atoms with E-state index in [-0.39, 0.29) is 23.5 Å². The van der Waals surface area contributed by atoms with Crippen molar-refractivity contribution in [2.24, 2.45) is 0 Å². The first-order valence-electron chi connectivity index (χ1n) is 8.41. The lowest BCUT2D eigenvalue weighted by atomic mass is 10.1. The van der Waals surface area contributed by atoms with Crippen LogP contribution in [0.3, 0.4) is 0 Å². The lowest BCUT2D eigenvalue weighted by Gasteiger charge is -2.19. The van der Waals surface area contributed by atoms with Gasteiger partial charge in [-0.25, -0.2) is 8.42 Å². The third kappa shape index (κ3) is 4.68. The van der Waals surface area contributed by atoms with Crippen LogP contribution in [0, 0.1) is 0 Å². The van der Waals surface area contributed by atoms with Crippen molar-refractivity contribution < 1.29 is 26.4 Å². The number of alkyl halides is 3. The second kappa shape index (κ2) is 8.27. The van der Waals surface area contributed by atoms with Crippen LogP contribution in [0.2, 0.25) is 0 Å². The van der Waals surface area contributed by atoms with E-state index in [1.54, 1.807) is 13.8 Å². The molecule has 0 saturated heterocycles. The molecule has 0 radical (unpaired) electrons. The maximum Gasteiger partial charge on any atom is 0.416 e. The molecule has 152 valence electrons. The Kier molecular flexibility index (Phi) is 6.45. The zero-order valence-electron chi connectivity index (χ0n) is 15.2. The van der Waals surface area contributed by atoms with Crippen molar-refractivity contribution in [1.82, 2.24) is 8.87 Å². The van der Waals surface area contributed by atoms with E-state index >= 15 is 0 Å². The Bertz CT molecular complexity index is 1030. The van der Waals surface area contributed by atoms with Crippen molar-refractivity contribution in [3.63, 3.8) is 0 Å². The van der Waals surface area contributed by atoms with Gasteiger partial charge in [0.25, 0.3) is 5.56 Å². The molecule has 2 aromatic rings. The van der Waals surface area contributed by atoms with Gasteiger partial charge in [-0.3, -0.25) is 9.59 Å². The highest BCUT2D eigenvalue weighted by Gasteiger charge is 2.31. The smallest absolute Gasteiger partial charge is 0.306 e. The fourth-order valence-electron chi connectivity index (χ4n) is 2.61. The van der Waals surface area contributed by atoms with Crippen LogP contribution in [0.15, 0.2) is 52.3 Å². The number of ketones is 1. The monoisotopic (exact) mass is 416 g/mol. The van der Waals surface area contributed by atoms with Crippen molar-refractivity contribution in [1.29, 1.82) is 0 Å². The third-order valence-electron chi connectivity index (χ3n) is 4.13. The van der Waals surface area contributed by atoms with Crippen LogP contribution >= 0.6 is 0 Å². The Balaban J connectivity index is 2.37. The van der Waals surface area contributed by atoms with Gasteiger partial charge in [-0.15, -0.1) is 0 Å². The molecule has 0 aliphatic heterocycles. The van der Waals surface area contributed by atoms with Crippen LogP contribution in [0.25, 0.3) is 0 Å². The largest absolute Gasteiger partial charge is 0.416 e. The van der Waals surface area contributed by atoms with E-state index in [9.17, 15) is 31.2 Å². The molecule has 0 amide bonds.